The highest BCUT2D eigenvalue weighted by Crippen LogP contribution is 2.41. The van der Waals surface area contributed by atoms with Gasteiger partial charge >= 0.3 is 0 Å². The minimum absolute atomic E-state index is 0.102. The number of nitrogens with zero attached hydrogens (tertiary/aromatic N) is 3. The number of aromatic nitrogens is 1. The fraction of sp³-hybridized carbons (Fsp3) is 0.545. The molecule has 1 fully saturated rings. The van der Waals surface area contributed by atoms with Crippen molar-refractivity contribution in [2.75, 3.05) is 40.3 Å². The molecule has 0 saturated carbocycles. The summed E-state index contributed by atoms with van der Waals surface area (Å²) >= 11 is 1.56. The van der Waals surface area contributed by atoms with Gasteiger partial charge in [0.25, 0.3) is 0 Å². The van der Waals surface area contributed by atoms with Crippen LogP contribution in [0.25, 0.3) is 0 Å². The summed E-state index contributed by atoms with van der Waals surface area (Å²) in [6, 6.07) is 5.10. The first-order chi connectivity index (χ1) is 14.0. The number of amides is 1. The predicted octanol–water partition coefficient (Wildman–Crippen LogP) is 3.09. The molecule has 2 aliphatic rings. The van der Waals surface area contributed by atoms with Gasteiger partial charge in [0, 0.05) is 45.5 Å². The van der Waals surface area contributed by atoms with Crippen LogP contribution in [0.5, 0.6) is 0 Å². The van der Waals surface area contributed by atoms with Crippen molar-refractivity contribution in [2.45, 2.75) is 31.3 Å². The van der Waals surface area contributed by atoms with E-state index in [2.05, 4.69) is 9.88 Å². The Morgan fingerprint density at radius 2 is 2.17 bits per heavy atom. The molecule has 7 heteroatoms. The van der Waals surface area contributed by atoms with Gasteiger partial charge in [0.05, 0.1) is 29.3 Å². The molecule has 1 atom stereocenters. The average molecular weight is 418 g/mol. The molecule has 29 heavy (non-hydrogen) atoms. The third-order valence-electron chi connectivity index (χ3n) is 6.18. The summed E-state index contributed by atoms with van der Waals surface area (Å²) in [4.78, 5) is 21.2. The maximum Gasteiger partial charge on any atom is 0.226 e. The number of carbonyl (C=O) groups is 1. The van der Waals surface area contributed by atoms with E-state index in [1.807, 2.05) is 31.1 Å². The van der Waals surface area contributed by atoms with E-state index in [4.69, 9.17) is 4.74 Å². The van der Waals surface area contributed by atoms with E-state index >= 15 is 0 Å². The van der Waals surface area contributed by atoms with Crippen LogP contribution in [0.1, 0.15) is 29.7 Å². The summed E-state index contributed by atoms with van der Waals surface area (Å²) in [7, 11) is 3.63. The Morgan fingerprint density at radius 3 is 2.86 bits per heavy atom. The molecule has 2 aliphatic heterocycles. The second-order valence-electron chi connectivity index (χ2n) is 8.31. The van der Waals surface area contributed by atoms with Gasteiger partial charge in [-0.1, -0.05) is 6.07 Å². The summed E-state index contributed by atoms with van der Waals surface area (Å²) in [5.41, 5.74) is 4.71. The van der Waals surface area contributed by atoms with Gasteiger partial charge in [-0.3, -0.25) is 4.79 Å². The molecule has 156 valence electrons. The third kappa shape index (κ3) is 4.37. The predicted molar refractivity (Wildman–Crippen MR) is 111 cm³/mol. The summed E-state index contributed by atoms with van der Waals surface area (Å²) in [5.74, 6) is -0.131. The van der Waals surface area contributed by atoms with E-state index in [1.54, 1.807) is 28.4 Å². The normalized spacial score (nSPS) is 19.7. The molecule has 1 unspecified atom stereocenters. The number of likely N-dealkylation sites (tertiary alicyclic amines) is 1. The number of fused-ring (bicyclic) bond motifs is 2. The Bertz CT molecular complexity index is 848. The largest absolute Gasteiger partial charge is 0.370 e. The highest BCUT2D eigenvalue weighted by atomic mass is 32.1. The maximum atomic E-state index is 13.7. The topological polar surface area (TPSA) is 45.7 Å². The molecular weight excluding hydrogens is 389 g/mol. The minimum atomic E-state index is -0.312. The van der Waals surface area contributed by atoms with Crippen LogP contribution in [0.2, 0.25) is 0 Å². The molecule has 0 radical (unpaired) electrons. The second-order valence-corrected chi connectivity index (χ2v) is 9.03. The van der Waals surface area contributed by atoms with Crippen LogP contribution >= 0.6 is 11.3 Å². The number of hydrogen-bond acceptors (Lipinski definition) is 5. The quantitative estimate of drug-likeness (QED) is 0.750. The second kappa shape index (κ2) is 8.50. The number of rotatable bonds is 5. The third-order valence-corrected chi connectivity index (χ3v) is 6.81. The monoisotopic (exact) mass is 417 g/mol. The first-order valence-electron chi connectivity index (χ1n) is 10.2. The minimum Gasteiger partial charge on any atom is -0.370 e. The van der Waals surface area contributed by atoms with E-state index < -0.39 is 0 Å². The van der Waals surface area contributed by atoms with Crippen molar-refractivity contribution in [3.8, 4) is 0 Å². The molecule has 0 N–H and O–H groups in total. The van der Waals surface area contributed by atoms with Crippen molar-refractivity contribution in [1.82, 2.24) is 14.8 Å². The van der Waals surface area contributed by atoms with Gasteiger partial charge in [-0.25, -0.2) is 9.37 Å². The zero-order valence-electron chi connectivity index (χ0n) is 17.1. The first-order valence-corrected chi connectivity index (χ1v) is 11.1. The molecule has 1 spiro atoms. The van der Waals surface area contributed by atoms with E-state index in [1.165, 1.54) is 0 Å². The Labute approximate surface area is 175 Å². The number of ether oxygens (including phenoxy) is 1. The van der Waals surface area contributed by atoms with Crippen molar-refractivity contribution >= 4 is 17.2 Å². The summed E-state index contributed by atoms with van der Waals surface area (Å²) < 4.78 is 19.9. The van der Waals surface area contributed by atoms with Crippen LogP contribution in [-0.2, 0) is 28.0 Å². The molecule has 2 aromatic rings. The Morgan fingerprint density at radius 1 is 1.38 bits per heavy atom. The fourth-order valence-corrected chi connectivity index (χ4v) is 5.23. The van der Waals surface area contributed by atoms with Gasteiger partial charge in [0.15, 0.2) is 0 Å². The van der Waals surface area contributed by atoms with Crippen LogP contribution < -0.4 is 0 Å². The summed E-state index contributed by atoms with van der Waals surface area (Å²) in [6.45, 7) is 3.10. The van der Waals surface area contributed by atoms with Gasteiger partial charge in [-0.05, 0) is 42.5 Å². The molecule has 1 amide bonds. The molecule has 4 rings (SSSR count). The lowest BCUT2D eigenvalue weighted by atomic mass is 9.79. The van der Waals surface area contributed by atoms with Gasteiger partial charge < -0.3 is 14.5 Å². The Hall–Kier alpha value is -1.83. The number of piperidine rings is 1. The number of thiazole rings is 1. The number of carbonyl (C=O) groups excluding carboxylic acids is 1. The molecular formula is C22H28FN3O2S. The summed E-state index contributed by atoms with van der Waals surface area (Å²) in [6.07, 6.45) is 3.17. The van der Waals surface area contributed by atoms with Crippen LogP contribution in [0.4, 0.5) is 4.39 Å². The van der Waals surface area contributed by atoms with Crippen molar-refractivity contribution in [2.24, 2.45) is 5.92 Å². The van der Waals surface area contributed by atoms with Crippen LogP contribution in [0.3, 0.4) is 0 Å². The van der Waals surface area contributed by atoms with Gasteiger partial charge in [0.1, 0.15) is 5.82 Å². The van der Waals surface area contributed by atoms with Gasteiger partial charge in [-0.2, -0.15) is 0 Å². The SMILES string of the molecule is CN(C)C(=O)C(Cc1cscn1)CN1CCC2(CC1)OCCc1cc(F)ccc12. The lowest BCUT2D eigenvalue weighted by molar-refractivity contribution is -0.134. The van der Waals surface area contributed by atoms with E-state index in [9.17, 15) is 9.18 Å². The van der Waals surface area contributed by atoms with Crippen LogP contribution in [-0.4, -0.2) is 61.0 Å². The molecule has 1 aromatic carbocycles. The van der Waals surface area contributed by atoms with E-state index in [-0.39, 0.29) is 23.2 Å². The van der Waals surface area contributed by atoms with Crippen molar-refractivity contribution in [1.29, 1.82) is 0 Å². The van der Waals surface area contributed by atoms with E-state index in [0.717, 1.165) is 55.7 Å². The van der Waals surface area contributed by atoms with Crippen molar-refractivity contribution < 1.29 is 13.9 Å². The average Bonchev–Trinajstić information content (AvgIpc) is 3.22. The highest BCUT2D eigenvalue weighted by Gasteiger charge is 2.41. The molecule has 1 aromatic heterocycles. The zero-order chi connectivity index (χ0) is 20.4. The zero-order valence-corrected chi connectivity index (χ0v) is 17.9. The Balaban J connectivity index is 1.44. The maximum absolute atomic E-state index is 13.7. The Kier molecular flexibility index (Phi) is 5.99. The first kappa shape index (κ1) is 20.4. The van der Waals surface area contributed by atoms with Crippen molar-refractivity contribution in [3.05, 3.63) is 51.7 Å². The lowest BCUT2D eigenvalue weighted by Gasteiger charge is -2.45. The van der Waals surface area contributed by atoms with Gasteiger partial charge in [-0.15, -0.1) is 11.3 Å². The van der Waals surface area contributed by atoms with Gasteiger partial charge in [0.2, 0.25) is 5.91 Å². The number of halogens is 1. The molecule has 3 heterocycles. The molecule has 0 aliphatic carbocycles. The molecule has 5 nitrogen and oxygen atoms in total. The van der Waals surface area contributed by atoms with Crippen LogP contribution in [0, 0.1) is 11.7 Å². The standard InChI is InChI=1S/C22H28FN3O2S/c1-25(2)21(27)17(12-19-14-29-15-24-19)13-26-8-6-22(7-9-26)20-4-3-18(23)11-16(20)5-10-28-22/h3-4,11,14-15,17H,5-10,12-13H2,1-2H3. The number of benzene rings is 1. The fourth-order valence-electron chi connectivity index (χ4n) is 4.66. The summed E-state index contributed by atoms with van der Waals surface area (Å²) in [5, 5.41) is 2.02. The molecule has 0 bridgehead atoms. The van der Waals surface area contributed by atoms with Crippen LogP contribution in [0.15, 0.2) is 29.1 Å². The van der Waals surface area contributed by atoms with E-state index in [0.29, 0.717) is 13.0 Å². The highest BCUT2D eigenvalue weighted by molar-refractivity contribution is 7.07. The van der Waals surface area contributed by atoms with Crippen molar-refractivity contribution in [3.63, 3.8) is 0 Å². The molecule has 1 saturated heterocycles. The smallest absolute Gasteiger partial charge is 0.226 e. The lowest BCUT2D eigenvalue weighted by Crippen LogP contribution is -2.49. The number of hydrogen-bond donors (Lipinski definition) is 0.